The van der Waals surface area contributed by atoms with Crippen LogP contribution in [0, 0.1) is 6.92 Å². The first kappa shape index (κ1) is 9.20. The van der Waals surface area contributed by atoms with Gasteiger partial charge in [0.05, 0.1) is 5.60 Å². The fourth-order valence-corrected chi connectivity index (χ4v) is 1.05. The zero-order chi connectivity index (χ0) is 9.19. The van der Waals surface area contributed by atoms with Gasteiger partial charge in [0.15, 0.2) is 0 Å². The summed E-state index contributed by atoms with van der Waals surface area (Å²) in [6, 6.07) is 1.97. The van der Waals surface area contributed by atoms with E-state index >= 15 is 0 Å². The average molecular weight is 165 g/mol. The lowest BCUT2D eigenvalue weighted by molar-refractivity contribution is 0.0527. The number of rotatable bonds is 2. The van der Waals surface area contributed by atoms with Gasteiger partial charge in [-0.2, -0.15) is 0 Å². The molecule has 0 fully saturated rings. The third-order valence-electron chi connectivity index (χ3n) is 2.19. The fourth-order valence-electron chi connectivity index (χ4n) is 1.05. The zero-order valence-corrected chi connectivity index (χ0v) is 7.83. The van der Waals surface area contributed by atoms with Crippen molar-refractivity contribution in [2.24, 2.45) is 0 Å². The van der Waals surface area contributed by atoms with Crippen LogP contribution in [0.4, 0.5) is 0 Å². The number of hydrogen-bond donors (Lipinski definition) is 1. The first-order valence-corrected chi connectivity index (χ1v) is 4.21. The van der Waals surface area contributed by atoms with Gasteiger partial charge in [0.2, 0.25) is 0 Å². The minimum Gasteiger partial charge on any atom is -0.385 e. The predicted octanol–water partition coefficient (Wildman–Crippen LogP) is 2.01. The molecule has 1 heterocycles. The van der Waals surface area contributed by atoms with Crippen LogP contribution in [0.15, 0.2) is 18.5 Å². The van der Waals surface area contributed by atoms with Crippen LogP contribution in [-0.4, -0.2) is 10.1 Å². The van der Waals surface area contributed by atoms with E-state index in [2.05, 4.69) is 4.98 Å². The summed E-state index contributed by atoms with van der Waals surface area (Å²) < 4.78 is 0. The minimum absolute atomic E-state index is 0.706. The van der Waals surface area contributed by atoms with Gasteiger partial charge < -0.3 is 5.11 Å². The number of nitrogens with zero attached hydrogens (tertiary/aromatic N) is 1. The van der Waals surface area contributed by atoms with Crippen molar-refractivity contribution in [1.29, 1.82) is 0 Å². The molecule has 0 aliphatic rings. The molecule has 2 heteroatoms. The van der Waals surface area contributed by atoms with Crippen LogP contribution in [0.1, 0.15) is 31.4 Å². The maximum Gasteiger partial charge on any atom is 0.0880 e. The molecule has 0 aromatic carbocycles. The summed E-state index contributed by atoms with van der Waals surface area (Å²) in [5, 5.41) is 9.88. The van der Waals surface area contributed by atoms with E-state index in [4.69, 9.17) is 0 Å². The Hall–Kier alpha value is -0.890. The zero-order valence-electron chi connectivity index (χ0n) is 7.83. The van der Waals surface area contributed by atoms with Gasteiger partial charge in [0.1, 0.15) is 0 Å². The maximum atomic E-state index is 9.88. The summed E-state index contributed by atoms with van der Waals surface area (Å²) in [4.78, 5) is 4.04. The standard InChI is InChI=1S/C10H15NO/c1-4-10(3,12)9-5-8(2)6-11-7-9/h5-7,12H,4H2,1-3H3. The lowest BCUT2D eigenvalue weighted by Gasteiger charge is -2.21. The van der Waals surface area contributed by atoms with E-state index in [1.54, 1.807) is 12.4 Å². The molecule has 0 radical (unpaired) electrons. The molecule has 1 rings (SSSR count). The van der Waals surface area contributed by atoms with Crippen molar-refractivity contribution in [3.63, 3.8) is 0 Å². The molecule has 2 nitrogen and oxygen atoms in total. The SMILES string of the molecule is CCC(C)(O)c1cncc(C)c1. The molecule has 12 heavy (non-hydrogen) atoms. The van der Waals surface area contributed by atoms with E-state index in [0.29, 0.717) is 6.42 Å². The van der Waals surface area contributed by atoms with Crippen LogP contribution < -0.4 is 0 Å². The van der Waals surface area contributed by atoms with Gasteiger partial charge in [-0.3, -0.25) is 4.98 Å². The van der Waals surface area contributed by atoms with Crippen molar-refractivity contribution in [2.75, 3.05) is 0 Å². The molecule has 0 saturated heterocycles. The lowest BCUT2D eigenvalue weighted by atomic mass is 9.94. The second-order valence-electron chi connectivity index (χ2n) is 3.38. The first-order chi connectivity index (χ1) is 5.56. The third kappa shape index (κ3) is 1.83. The second kappa shape index (κ2) is 3.23. The van der Waals surface area contributed by atoms with Gasteiger partial charge in [-0.05, 0) is 25.8 Å². The summed E-state index contributed by atoms with van der Waals surface area (Å²) in [6.07, 6.45) is 4.21. The predicted molar refractivity (Wildman–Crippen MR) is 48.8 cm³/mol. The molecule has 1 aromatic rings. The Kier molecular flexibility index (Phi) is 2.48. The normalized spacial score (nSPS) is 15.7. The Morgan fingerprint density at radius 3 is 2.67 bits per heavy atom. The number of hydrogen-bond acceptors (Lipinski definition) is 2. The minimum atomic E-state index is -0.737. The van der Waals surface area contributed by atoms with Crippen LogP contribution in [-0.2, 0) is 5.60 Å². The topological polar surface area (TPSA) is 33.1 Å². The molecule has 0 bridgehead atoms. The number of pyridine rings is 1. The average Bonchev–Trinajstić information content (AvgIpc) is 2.05. The van der Waals surface area contributed by atoms with Crippen molar-refractivity contribution >= 4 is 0 Å². The van der Waals surface area contributed by atoms with Crippen molar-refractivity contribution in [3.05, 3.63) is 29.6 Å². The van der Waals surface area contributed by atoms with Crippen LogP contribution >= 0.6 is 0 Å². The van der Waals surface area contributed by atoms with Gasteiger partial charge in [-0.25, -0.2) is 0 Å². The van der Waals surface area contributed by atoms with Crippen LogP contribution in [0.25, 0.3) is 0 Å². The van der Waals surface area contributed by atoms with Gasteiger partial charge >= 0.3 is 0 Å². The summed E-state index contributed by atoms with van der Waals surface area (Å²) in [5.41, 5.74) is 1.24. The Morgan fingerprint density at radius 1 is 1.50 bits per heavy atom. The van der Waals surface area contributed by atoms with E-state index < -0.39 is 5.60 Å². The van der Waals surface area contributed by atoms with Gasteiger partial charge in [-0.15, -0.1) is 0 Å². The molecule has 1 aromatic heterocycles. The van der Waals surface area contributed by atoms with Crippen molar-refractivity contribution in [3.8, 4) is 0 Å². The highest BCUT2D eigenvalue weighted by Gasteiger charge is 2.20. The van der Waals surface area contributed by atoms with Crippen molar-refractivity contribution < 1.29 is 5.11 Å². The molecule has 0 spiro atoms. The summed E-state index contributed by atoms with van der Waals surface area (Å²) in [5.74, 6) is 0. The Labute approximate surface area is 73.3 Å². The molecular formula is C10H15NO. The highest BCUT2D eigenvalue weighted by Crippen LogP contribution is 2.23. The van der Waals surface area contributed by atoms with E-state index in [1.165, 1.54) is 0 Å². The lowest BCUT2D eigenvalue weighted by Crippen LogP contribution is -2.19. The molecule has 0 aliphatic carbocycles. The van der Waals surface area contributed by atoms with Gasteiger partial charge in [0.25, 0.3) is 0 Å². The molecule has 0 saturated carbocycles. The van der Waals surface area contributed by atoms with E-state index in [9.17, 15) is 5.11 Å². The smallest absolute Gasteiger partial charge is 0.0880 e. The highest BCUT2D eigenvalue weighted by molar-refractivity contribution is 5.21. The fraction of sp³-hybridized carbons (Fsp3) is 0.500. The number of aliphatic hydroxyl groups is 1. The first-order valence-electron chi connectivity index (χ1n) is 4.21. The van der Waals surface area contributed by atoms with E-state index in [0.717, 1.165) is 11.1 Å². The summed E-state index contributed by atoms with van der Waals surface area (Å²) >= 11 is 0. The van der Waals surface area contributed by atoms with E-state index in [-0.39, 0.29) is 0 Å². The molecule has 0 aliphatic heterocycles. The molecule has 1 atom stereocenters. The van der Waals surface area contributed by atoms with Crippen molar-refractivity contribution in [2.45, 2.75) is 32.8 Å². The Morgan fingerprint density at radius 2 is 2.17 bits per heavy atom. The maximum absolute atomic E-state index is 9.88. The Balaban J connectivity index is 3.03. The molecule has 1 unspecified atom stereocenters. The van der Waals surface area contributed by atoms with Gasteiger partial charge in [0, 0.05) is 18.0 Å². The molecular weight excluding hydrogens is 150 g/mol. The second-order valence-corrected chi connectivity index (χ2v) is 3.38. The van der Waals surface area contributed by atoms with E-state index in [1.807, 2.05) is 26.8 Å². The summed E-state index contributed by atoms with van der Waals surface area (Å²) in [7, 11) is 0. The van der Waals surface area contributed by atoms with Crippen LogP contribution in [0.2, 0.25) is 0 Å². The monoisotopic (exact) mass is 165 g/mol. The quantitative estimate of drug-likeness (QED) is 0.727. The molecule has 0 amide bonds. The van der Waals surface area contributed by atoms with Crippen molar-refractivity contribution in [1.82, 2.24) is 4.98 Å². The largest absolute Gasteiger partial charge is 0.385 e. The molecule has 66 valence electrons. The third-order valence-corrected chi connectivity index (χ3v) is 2.19. The van der Waals surface area contributed by atoms with Crippen LogP contribution in [0.3, 0.4) is 0 Å². The Bertz CT molecular complexity index is 268. The van der Waals surface area contributed by atoms with Gasteiger partial charge in [-0.1, -0.05) is 13.0 Å². The summed E-state index contributed by atoms with van der Waals surface area (Å²) in [6.45, 7) is 5.74. The number of aromatic nitrogens is 1. The molecule has 1 N–H and O–H groups in total. The number of aryl methyl sites for hydroxylation is 1. The highest BCUT2D eigenvalue weighted by atomic mass is 16.3. The van der Waals surface area contributed by atoms with Crippen LogP contribution in [0.5, 0.6) is 0 Å².